The van der Waals surface area contributed by atoms with E-state index in [1.165, 1.54) is 11.3 Å². The molecule has 0 aliphatic rings. The third kappa shape index (κ3) is 2.83. The van der Waals surface area contributed by atoms with Crippen LogP contribution < -0.4 is 0 Å². The molecule has 0 N–H and O–H groups in total. The summed E-state index contributed by atoms with van der Waals surface area (Å²) in [5.41, 5.74) is -0.514. The maximum Gasteiger partial charge on any atom is 0.434 e. The molecule has 0 spiro atoms. The molecule has 0 aliphatic carbocycles. The SMILES string of the molecule is CC(C)n1nc(-c2ccc(Cl)s2)c(Br)c1C(F)(F)F. The number of hydrogen-bond donors (Lipinski definition) is 0. The van der Waals surface area contributed by atoms with Crippen molar-refractivity contribution in [2.24, 2.45) is 0 Å². The Morgan fingerprint density at radius 1 is 1.37 bits per heavy atom. The van der Waals surface area contributed by atoms with Crippen LogP contribution in [0.25, 0.3) is 10.6 Å². The minimum absolute atomic E-state index is 0.0489. The van der Waals surface area contributed by atoms with Crippen molar-refractivity contribution < 1.29 is 13.2 Å². The van der Waals surface area contributed by atoms with Gasteiger partial charge in [0.05, 0.1) is 13.7 Å². The second kappa shape index (κ2) is 5.10. The first kappa shape index (κ1) is 14.9. The first-order valence-corrected chi connectivity index (χ1v) is 7.31. The molecule has 19 heavy (non-hydrogen) atoms. The molecule has 0 aliphatic heterocycles. The normalized spacial score (nSPS) is 12.4. The third-order valence-electron chi connectivity index (χ3n) is 2.42. The first-order chi connectivity index (χ1) is 8.71. The highest BCUT2D eigenvalue weighted by Gasteiger charge is 2.40. The predicted molar refractivity (Wildman–Crippen MR) is 73.6 cm³/mol. The zero-order chi connectivity index (χ0) is 14.4. The molecule has 0 aromatic carbocycles. The Balaban J connectivity index is 2.65. The molecule has 0 fully saturated rings. The van der Waals surface area contributed by atoms with Crippen molar-refractivity contribution in [3.05, 3.63) is 26.6 Å². The molecule has 0 radical (unpaired) electrons. The van der Waals surface area contributed by atoms with Crippen molar-refractivity contribution in [3.63, 3.8) is 0 Å². The molecule has 0 unspecified atom stereocenters. The summed E-state index contributed by atoms with van der Waals surface area (Å²) in [6.45, 7) is 3.31. The Labute approximate surface area is 125 Å². The van der Waals surface area contributed by atoms with E-state index in [1.54, 1.807) is 26.0 Å². The van der Waals surface area contributed by atoms with E-state index in [4.69, 9.17) is 11.6 Å². The van der Waals surface area contributed by atoms with E-state index in [0.29, 0.717) is 9.21 Å². The maximum atomic E-state index is 13.1. The van der Waals surface area contributed by atoms with Crippen molar-refractivity contribution in [1.82, 2.24) is 9.78 Å². The molecular formula is C11H9BrClF3N2S. The number of nitrogens with zero attached hydrogens (tertiary/aromatic N) is 2. The zero-order valence-corrected chi connectivity index (χ0v) is 13.1. The molecular weight excluding hydrogens is 365 g/mol. The van der Waals surface area contributed by atoms with Gasteiger partial charge >= 0.3 is 6.18 Å². The first-order valence-electron chi connectivity index (χ1n) is 5.32. The summed E-state index contributed by atoms with van der Waals surface area (Å²) >= 11 is 10.0. The summed E-state index contributed by atoms with van der Waals surface area (Å²) in [5.74, 6) is 0. The standard InChI is InChI=1S/C11H9BrClF3N2S/c1-5(2)18-10(11(14,15)16)8(12)9(17-18)6-3-4-7(13)19-6/h3-5H,1-2H3. The smallest absolute Gasteiger partial charge is 0.256 e. The van der Waals surface area contributed by atoms with Crippen molar-refractivity contribution in [1.29, 1.82) is 0 Å². The van der Waals surface area contributed by atoms with Crippen LogP contribution in [0.15, 0.2) is 16.6 Å². The van der Waals surface area contributed by atoms with Crippen LogP contribution in [0.4, 0.5) is 13.2 Å². The number of hydrogen-bond acceptors (Lipinski definition) is 2. The Hall–Kier alpha value is -0.530. The molecule has 104 valence electrons. The maximum absolute atomic E-state index is 13.1. The second-order valence-electron chi connectivity index (χ2n) is 4.15. The highest BCUT2D eigenvalue weighted by atomic mass is 79.9. The molecule has 2 rings (SSSR count). The zero-order valence-electron chi connectivity index (χ0n) is 9.92. The van der Waals surface area contributed by atoms with Crippen molar-refractivity contribution in [2.75, 3.05) is 0 Å². The van der Waals surface area contributed by atoms with Crippen LogP contribution in [0.2, 0.25) is 4.34 Å². The minimum atomic E-state index is -4.46. The van der Waals surface area contributed by atoms with Gasteiger partial charge in [0.25, 0.3) is 0 Å². The Morgan fingerprint density at radius 3 is 2.37 bits per heavy atom. The van der Waals surface area contributed by atoms with E-state index in [-0.39, 0.29) is 10.2 Å². The van der Waals surface area contributed by atoms with Crippen LogP contribution in [-0.2, 0) is 6.18 Å². The van der Waals surface area contributed by atoms with E-state index in [2.05, 4.69) is 21.0 Å². The van der Waals surface area contributed by atoms with Crippen molar-refractivity contribution >= 4 is 38.9 Å². The van der Waals surface area contributed by atoms with Crippen LogP contribution in [0.3, 0.4) is 0 Å². The summed E-state index contributed by atoms with van der Waals surface area (Å²) in [6.07, 6.45) is -4.46. The monoisotopic (exact) mass is 372 g/mol. The number of alkyl halides is 3. The van der Waals surface area contributed by atoms with Gasteiger partial charge in [-0.1, -0.05) is 11.6 Å². The Kier molecular flexibility index (Phi) is 3.99. The molecule has 2 nitrogen and oxygen atoms in total. The lowest BCUT2D eigenvalue weighted by atomic mass is 10.3. The lowest BCUT2D eigenvalue weighted by Gasteiger charge is -2.13. The summed E-state index contributed by atoms with van der Waals surface area (Å²) in [4.78, 5) is 0.599. The quantitative estimate of drug-likeness (QED) is 0.667. The average Bonchev–Trinajstić information content (AvgIpc) is 2.80. The molecule has 0 amide bonds. The molecule has 0 bridgehead atoms. The van der Waals surface area contributed by atoms with Gasteiger partial charge in [0.1, 0.15) is 5.69 Å². The molecule has 0 atom stereocenters. The van der Waals surface area contributed by atoms with Crippen LogP contribution in [-0.4, -0.2) is 9.78 Å². The van der Waals surface area contributed by atoms with Gasteiger partial charge in [-0.15, -0.1) is 11.3 Å². The van der Waals surface area contributed by atoms with E-state index in [9.17, 15) is 13.2 Å². The molecule has 0 saturated carbocycles. The third-order valence-corrected chi connectivity index (χ3v) is 4.41. The van der Waals surface area contributed by atoms with Gasteiger partial charge in [0, 0.05) is 6.04 Å². The van der Waals surface area contributed by atoms with Crippen LogP contribution >= 0.6 is 38.9 Å². The minimum Gasteiger partial charge on any atom is -0.256 e. The predicted octanol–water partition coefficient (Wildman–Crippen LogP) is 5.63. The molecule has 8 heteroatoms. The van der Waals surface area contributed by atoms with Gasteiger partial charge in [-0.05, 0) is 41.9 Å². The lowest BCUT2D eigenvalue weighted by molar-refractivity contribution is -0.145. The second-order valence-corrected chi connectivity index (χ2v) is 6.66. The molecule has 2 aromatic rings. The number of aromatic nitrogens is 2. The van der Waals surface area contributed by atoms with Gasteiger partial charge < -0.3 is 0 Å². The highest BCUT2D eigenvalue weighted by Crippen LogP contribution is 2.43. The topological polar surface area (TPSA) is 17.8 Å². The van der Waals surface area contributed by atoms with Crippen LogP contribution in [0.5, 0.6) is 0 Å². The number of thiophene rings is 1. The number of halogens is 5. The van der Waals surface area contributed by atoms with E-state index < -0.39 is 17.9 Å². The molecule has 2 heterocycles. The van der Waals surface area contributed by atoms with Gasteiger partial charge in [0.15, 0.2) is 5.69 Å². The number of rotatable bonds is 2. The van der Waals surface area contributed by atoms with Crippen LogP contribution in [0.1, 0.15) is 25.6 Å². The Bertz CT molecular complexity index is 604. The Morgan fingerprint density at radius 2 is 2.00 bits per heavy atom. The van der Waals surface area contributed by atoms with Crippen molar-refractivity contribution in [3.8, 4) is 10.6 Å². The van der Waals surface area contributed by atoms with Gasteiger partial charge in [-0.25, -0.2) is 0 Å². The molecule has 0 saturated heterocycles. The van der Waals surface area contributed by atoms with Crippen molar-refractivity contribution in [2.45, 2.75) is 26.1 Å². The fraction of sp³-hybridized carbons (Fsp3) is 0.364. The van der Waals surface area contributed by atoms with Gasteiger partial charge in [-0.2, -0.15) is 18.3 Å². The summed E-state index contributed by atoms with van der Waals surface area (Å²) in [6, 6.07) is 2.90. The summed E-state index contributed by atoms with van der Waals surface area (Å²) < 4.78 is 40.7. The fourth-order valence-electron chi connectivity index (χ4n) is 1.64. The largest absolute Gasteiger partial charge is 0.434 e. The lowest BCUT2D eigenvalue weighted by Crippen LogP contribution is -2.16. The van der Waals surface area contributed by atoms with Gasteiger partial charge in [0.2, 0.25) is 0 Å². The molecule has 2 aromatic heterocycles. The highest BCUT2D eigenvalue weighted by molar-refractivity contribution is 9.10. The fourth-order valence-corrected chi connectivity index (χ4v) is 3.51. The van der Waals surface area contributed by atoms with Gasteiger partial charge in [-0.3, -0.25) is 4.68 Å². The van der Waals surface area contributed by atoms with E-state index >= 15 is 0 Å². The van der Waals surface area contributed by atoms with E-state index in [1.807, 2.05) is 0 Å². The van der Waals surface area contributed by atoms with E-state index in [0.717, 1.165) is 4.68 Å². The van der Waals surface area contributed by atoms with Crippen LogP contribution in [0, 0.1) is 0 Å². The summed E-state index contributed by atoms with van der Waals surface area (Å²) in [5, 5.41) is 4.06. The summed E-state index contributed by atoms with van der Waals surface area (Å²) in [7, 11) is 0. The average molecular weight is 374 g/mol.